The number of alkyl halides is 3. The monoisotopic (exact) mass is 522 g/mol. The Bertz CT molecular complexity index is 1400. The summed E-state index contributed by atoms with van der Waals surface area (Å²) in [6, 6.07) is 7.99. The molecule has 8 nitrogen and oxygen atoms in total. The number of carbonyl (C=O) groups excluding carboxylic acids is 1. The first-order chi connectivity index (χ1) is 16.1. The number of amides is 1. The van der Waals surface area contributed by atoms with Gasteiger partial charge in [-0.2, -0.15) is 31.8 Å². The lowest BCUT2D eigenvalue weighted by atomic mass is 10.1. The van der Waals surface area contributed by atoms with Gasteiger partial charge in [-0.25, -0.2) is 4.98 Å². The third-order valence-corrected chi connectivity index (χ3v) is 5.85. The van der Waals surface area contributed by atoms with Crippen molar-refractivity contribution in [2.45, 2.75) is 19.1 Å². The van der Waals surface area contributed by atoms with Gasteiger partial charge in [0.25, 0.3) is 5.91 Å². The molecule has 4 heterocycles. The first kappa shape index (κ1) is 24.6. The normalized spacial score (nSPS) is 15.6. The predicted octanol–water partition coefficient (Wildman–Crippen LogP) is 5.19. The second-order valence-electron chi connectivity index (χ2n) is 7.83. The summed E-state index contributed by atoms with van der Waals surface area (Å²) >= 11 is 5.88. The Morgan fingerprint density at radius 3 is 2.60 bits per heavy atom. The maximum Gasteiger partial charge on any atom is 0.417 e. The summed E-state index contributed by atoms with van der Waals surface area (Å²) < 4.78 is 46.3. The molecule has 1 atom stereocenters. The molecule has 1 aromatic carbocycles. The SMILES string of the molecule is C[C@H]1CN(c2ccc(C(F)(F)F)c(Cl)c2)C(=O)c2c(-c3cc(-c4ccc(N)nc4)no3)cnn21.S. The van der Waals surface area contributed by atoms with E-state index >= 15 is 0 Å². The number of carbonyl (C=O) groups is 1. The summed E-state index contributed by atoms with van der Waals surface area (Å²) in [6.45, 7) is 2.05. The van der Waals surface area contributed by atoms with E-state index in [0.29, 0.717) is 28.4 Å². The first-order valence-electron chi connectivity index (χ1n) is 10.1. The molecule has 0 unspecified atom stereocenters. The molecule has 0 aliphatic carbocycles. The molecule has 0 spiro atoms. The van der Waals surface area contributed by atoms with Crippen LogP contribution in [-0.2, 0) is 6.18 Å². The zero-order chi connectivity index (χ0) is 24.2. The summed E-state index contributed by atoms with van der Waals surface area (Å²) in [6.07, 6.45) is -1.54. The van der Waals surface area contributed by atoms with Crippen LogP contribution >= 0.6 is 25.1 Å². The van der Waals surface area contributed by atoms with E-state index in [1.807, 2.05) is 6.92 Å². The smallest absolute Gasteiger partial charge is 0.384 e. The van der Waals surface area contributed by atoms with Gasteiger partial charge in [0.15, 0.2) is 5.76 Å². The number of anilines is 2. The van der Waals surface area contributed by atoms with E-state index in [1.165, 1.54) is 17.2 Å². The van der Waals surface area contributed by atoms with Crippen LogP contribution in [0.2, 0.25) is 5.02 Å². The van der Waals surface area contributed by atoms with Gasteiger partial charge in [0.1, 0.15) is 17.2 Å². The molecular weight excluding hydrogens is 505 g/mol. The number of hydrogen-bond acceptors (Lipinski definition) is 6. The van der Waals surface area contributed by atoms with E-state index < -0.39 is 22.7 Å². The average Bonchev–Trinajstić information content (AvgIpc) is 3.43. The highest BCUT2D eigenvalue weighted by molar-refractivity contribution is 7.59. The van der Waals surface area contributed by atoms with Crippen molar-refractivity contribution in [3.05, 3.63) is 65.1 Å². The molecule has 0 saturated carbocycles. The van der Waals surface area contributed by atoms with Crippen LogP contribution in [0.5, 0.6) is 0 Å². The number of fused-ring (bicyclic) bond motifs is 1. The molecule has 0 fully saturated rings. The van der Waals surface area contributed by atoms with Crippen LogP contribution in [0, 0.1) is 0 Å². The molecular formula is C22H18ClF3N6O2S. The Morgan fingerprint density at radius 2 is 1.94 bits per heavy atom. The van der Waals surface area contributed by atoms with Gasteiger partial charge in [0.05, 0.1) is 28.4 Å². The number of halogens is 4. The molecule has 4 aromatic rings. The first-order valence-corrected chi connectivity index (χ1v) is 10.5. The van der Waals surface area contributed by atoms with Gasteiger partial charge in [-0.3, -0.25) is 9.48 Å². The highest BCUT2D eigenvalue weighted by Crippen LogP contribution is 2.39. The molecule has 0 bridgehead atoms. The molecule has 2 N–H and O–H groups in total. The number of benzene rings is 1. The summed E-state index contributed by atoms with van der Waals surface area (Å²) in [4.78, 5) is 18.8. The van der Waals surface area contributed by atoms with Crippen molar-refractivity contribution in [3.63, 3.8) is 0 Å². The molecule has 182 valence electrons. The van der Waals surface area contributed by atoms with Crippen molar-refractivity contribution < 1.29 is 22.5 Å². The molecule has 3 aromatic heterocycles. The molecule has 13 heteroatoms. The Kier molecular flexibility index (Phi) is 6.28. The average molecular weight is 523 g/mol. The van der Waals surface area contributed by atoms with Crippen LogP contribution < -0.4 is 10.6 Å². The van der Waals surface area contributed by atoms with Gasteiger partial charge in [-0.05, 0) is 37.3 Å². The van der Waals surface area contributed by atoms with Crippen LogP contribution in [0.4, 0.5) is 24.7 Å². The largest absolute Gasteiger partial charge is 0.417 e. The van der Waals surface area contributed by atoms with Crippen molar-refractivity contribution >= 4 is 42.5 Å². The van der Waals surface area contributed by atoms with Crippen molar-refractivity contribution in [2.24, 2.45) is 0 Å². The molecule has 35 heavy (non-hydrogen) atoms. The van der Waals surface area contributed by atoms with Crippen LogP contribution in [-0.4, -0.2) is 32.4 Å². The number of nitrogens with two attached hydrogens (primary N) is 1. The zero-order valence-electron chi connectivity index (χ0n) is 18.0. The lowest BCUT2D eigenvalue weighted by molar-refractivity contribution is -0.137. The molecule has 0 radical (unpaired) electrons. The molecule has 1 amide bonds. The highest BCUT2D eigenvalue weighted by atomic mass is 35.5. The summed E-state index contributed by atoms with van der Waals surface area (Å²) in [5, 5.41) is 7.89. The summed E-state index contributed by atoms with van der Waals surface area (Å²) in [7, 11) is 0. The lowest BCUT2D eigenvalue weighted by Gasteiger charge is -2.32. The topological polar surface area (TPSA) is 103 Å². The number of rotatable bonds is 3. The highest BCUT2D eigenvalue weighted by Gasteiger charge is 2.37. The number of pyridine rings is 1. The number of nitrogen functional groups attached to an aromatic ring is 1. The van der Waals surface area contributed by atoms with E-state index in [-0.39, 0.29) is 37.5 Å². The van der Waals surface area contributed by atoms with Crippen LogP contribution in [0.15, 0.2) is 53.3 Å². The standard InChI is InChI=1S/C22H16ClF3N6O2.H2S/c1-11-10-31(13-3-4-15(16(23)6-13)22(24,25)26)21(33)20-14(9-29-32(11)20)18-7-17(30-34-18)12-2-5-19(27)28-8-12;/h2-9,11H,10H2,1H3,(H2,27,28);1H2/t11-;/m0./s1. The predicted molar refractivity (Wildman–Crippen MR) is 129 cm³/mol. The van der Waals surface area contributed by atoms with Crippen molar-refractivity contribution in [2.75, 3.05) is 17.2 Å². The van der Waals surface area contributed by atoms with E-state index in [0.717, 1.165) is 12.1 Å². The number of nitrogens with zero attached hydrogens (tertiary/aromatic N) is 5. The fourth-order valence-corrected chi connectivity index (χ4v) is 4.14. The van der Waals surface area contributed by atoms with Gasteiger partial charge in [0, 0.05) is 30.1 Å². The summed E-state index contributed by atoms with van der Waals surface area (Å²) in [5.74, 6) is 0.218. The van der Waals surface area contributed by atoms with Crippen LogP contribution in [0.1, 0.15) is 29.0 Å². The minimum atomic E-state index is -4.59. The minimum absolute atomic E-state index is 0. The van der Waals surface area contributed by atoms with Gasteiger partial charge in [0.2, 0.25) is 0 Å². The van der Waals surface area contributed by atoms with Crippen molar-refractivity contribution in [3.8, 4) is 22.6 Å². The van der Waals surface area contributed by atoms with Gasteiger partial charge in [-0.15, -0.1) is 0 Å². The second kappa shape index (κ2) is 8.93. The third kappa shape index (κ3) is 4.34. The van der Waals surface area contributed by atoms with E-state index in [4.69, 9.17) is 21.9 Å². The Balaban J connectivity index is 0.00000289. The quantitative estimate of drug-likeness (QED) is 0.397. The number of aromatic nitrogens is 4. The van der Waals surface area contributed by atoms with E-state index in [9.17, 15) is 18.0 Å². The van der Waals surface area contributed by atoms with Gasteiger partial charge < -0.3 is 15.2 Å². The fraction of sp³-hybridized carbons (Fsp3) is 0.182. The molecule has 5 rings (SSSR count). The Morgan fingerprint density at radius 1 is 1.17 bits per heavy atom. The number of hydrogen-bond donors (Lipinski definition) is 1. The Labute approximate surface area is 208 Å². The third-order valence-electron chi connectivity index (χ3n) is 5.53. The lowest BCUT2D eigenvalue weighted by Crippen LogP contribution is -2.42. The van der Waals surface area contributed by atoms with E-state index in [1.54, 1.807) is 29.1 Å². The zero-order valence-corrected chi connectivity index (χ0v) is 19.8. The van der Waals surface area contributed by atoms with Gasteiger partial charge in [-0.1, -0.05) is 16.8 Å². The fourth-order valence-electron chi connectivity index (χ4n) is 3.86. The van der Waals surface area contributed by atoms with Gasteiger partial charge >= 0.3 is 6.18 Å². The summed E-state index contributed by atoms with van der Waals surface area (Å²) in [5.41, 5.74) is 6.70. The maximum atomic E-state index is 13.4. The Hall–Kier alpha value is -3.51. The molecule has 1 aliphatic rings. The molecule has 0 saturated heterocycles. The van der Waals surface area contributed by atoms with E-state index in [2.05, 4.69) is 15.2 Å². The van der Waals surface area contributed by atoms with Crippen molar-refractivity contribution in [1.29, 1.82) is 0 Å². The second-order valence-corrected chi connectivity index (χ2v) is 8.23. The molecule has 1 aliphatic heterocycles. The van der Waals surface area contributed by atoms with Crippen LogP contribution in [0.3, 0.4) is 0 Å². The minimum Gasteiger partial charge on any atom is -0.384 e. The van der Waals surface area contributed by atoms with Crippen molar-refractivity contribution in [1.82, 2.24) is 19.9 Å². The maximum absolute atomic E-state index is 13.4. The van der Waals surface area contributed by atoms with Crippen LogP contribution in [0.25, 0.3) is 22.6 Å².